The van der Waals surface area contributed by atoms with E-state index >= 15 is 0 Å². The molecule has 0 aromatic rings. The summed E-state index contributed by atoms with van der Waals surface area (Å²) in [5.41, 5.74) is 3.25. The Morgan fingerprint density at radius 3 is 2.84 bits per heavy atom. The van der Waals surface area contributed by atoms with Gasteiger partial charge in [0.25, 0.3) is 6.43 Å². The number of hydrogen-bond acceptors (Lipinski definition) is 9. The molecule has 0 radical (unpaired) electrons. The van der Waals surface area contributed by atoms with Gasteiger partial charge < -0.3 is 20.5 Å². The van der Waals surface area contributed by atoms with Crippen LogP contribution in [0.25, 0.3) is 0 Å². The highest BCUT2D eigenvalue weighted by Crippen LogP contribution is 2.60. The van der Waals surface area contributed by atoms with Gasteiger partial charge in [0.1, 0.15) is 24.7 Å². The highest BCUT2D eigenvalue weighted by atomic mass is 31.2. The second-order valence-corrected chi connectivity index (χ2v) is 7.78. The lowest BCUT2D eigenvalue weighted by Gasteiger charge is -2.39. The number of rotatable bonds is 4. The molecule has 9 nitrogen and oxygen atoms in total. The summed E-state index contributed by atoms with van der Waals surface area (Å²) in [6.07, 6.45) is -4.97. The number of alkyl halides is 2. The fourth-order valence-electron chi connectivity index (χ4n) is 2.83. The third-order valence-corrected chi connectivity index (χ3v) is 5.62. The third-order valence-electron chi connectivity index (χ3n) is 4.00. The summed E-state index contributed by atoms with van der Waals surface area (Å²) in [6.45, 7) is 2.45. The van der Waals surface area contributed by atoms with Gasteiger partial charge in [-0.05, 0) is 19.9 Å². The molecular formula is C13H20F2N3O6P. The van der Waals surface area contributed by atoms with E-state index < -0.39 is 51.0 Å². The van der Waals surface area contributed by atoms with Crippen LogP contribution >= 0.6 is 7.82 Å². The molecule has 25 heavy (non-hydrogen) atoms. The van der Waals surface area contributed by atoms with Gasteiger partial charge in [0, 0.05) is 6.20 Å². The van der Waals surface area contributed by atoms with Gasteiger partial charge in [0.2, 0.25) is 0 Å². The molecule has 2 fully saturated rings. The molecule has 5 atom stereocenters. The van der Waals surface area contributed by atoms with Gasteiger partial charge in [-0.3, -0.25) is 13.6 Å². The lowest BCUT2D eigenvalue weighted by Crippen LogP contribution is -2.56. The molecule has 0 amide bonds. The van der Waals surface area contributed by atoms with Crippen LogP contribution < -0.4 is 5.73 Å². The average Bonchev–Trinajstić information content (AvgIpc) is 2.81. The fraction of sp³-hybridized carbons (Fsp3) is 0.769. The summed E-state index contributed by atoms with van der Waals surface area (Å²) in [7, 11) is -4.09. The Morgan fingerprint density at radius 2 is 2.28 bits per heavy atom. The van der Waals surface area contributed by atoms with Crippen LogP contribution in [-0.2, 0) is 22.9 Å². The number of amidine groups is 1. The number of fused-ring (bicyclic) bond motifs is 1. The molecule has 12 heteroatoms. The average molecular weight is 383 g/mol. The lowest BCUT2D eigenvalue weighted by molar-refractivity contribution is -0.212. The second kappa shape index (κ2) is 6.57. The first-order chi connectivity index (χ1) is 11.7. The van der Waals surface area contributed by atoms with Crippen LogP contribution in [0.4, 0.5) is 8.78 Å². The molecule has 142 valence electrons. The first-order valence-electron chi connectivity index (χ1n) is 7.66. The lowest BCUT2D eigenvalue weighted by atomic mass is 9.96. The van der Waals surface area contributed by atoms with E-state index in [0.29, 0.717) is 0 Å². The van der Waals surface area contributed by atoms with Crippen LogP contribution in [0.1, 0.15) is 13.8 Å². The van der Waals surface area contributed by atoms with Crippen molar-refractivity contribution in [2.45, 2.75) is 50.4 Å². The largest absolute Gasteiger partial charge is 0.475 e. The van der Waals surface area contributed by atoms with Crippen LogP contribution in [0.3, 0.4) is 0 Å². The minimum atomic E-state index is -4.09. The number of phosphoric acid groups is 1. The van der Waals surface area contributed by atoms with E-state index in [0.717, 1.165) is 0 Å². The van der Waals surface area contributed by atoms with Crippen LogP contribution in [0.5, 0.6) is 0 Å². The van der Waals surface area contributed by atoms with Crippen LogP contribution in [0.15, 0.2) is 17.3 Å². The summed E-state index contributed by atoms with van der Waals surface area (Å²) in [6, 6.07) is 0. The number of phosphoric ester groups is 1. The van der Waals surface area contributed by atoms with E-state index in [1.54, 1.807) is 13.8 Å². The van der Waals surface area contributed by atoms with Gasteiger partial charge in [0.15, 0.2) is 11.8 Å². The van der Waals surface area contributed by atoms with Crippen molar-refractivity contribution in [1.29, 1.82) is 0 Å². The molecular weight excluding hydrogens is 363 g/mol. The maximum Gasteiger partial charge on any atom is 0.475 e. The van der Waals surface area contributed by atoms with Crippen molar-refractivity contribution in [3.05, 3.63) is 12.3 Å². The van der Waals surface area contributed by atoms with Crippen LogP contribution in [0.2, 0.25) is 0 Å². The molecule has 2 saturated heterocycles. The van der Waals surface area contributed by atoms with Crippen molar-refractivity contribution in [3.63, 3.8) is 0 Å². The number of aliphatic imine (C=N–C) groups is 1. The van der Waals surface area contributed by atoms with Gasteiger partial charge in [-0.1, -0.05) is 0 Å². The number of ether oxygens (including phenoxy) is 1. The Bertz CT molecular complexity index is 633. The Hall–Kier alpha value is -1.10. The van der Waals surface area contributed by atoms with Crippen LogP contribution in [0, 0.1) is 0 Å². The van der Waals surface area contributed by atoms with Crippen molar-refractivity contribution in [2.75, 3.05) is 13.3 Å². The molecule has 3 aliphatic heterocycles. The van der Waals surface area contributed by atoms with Gasteiger partial charge >= 0.3 is 7.82 Å². The third kappa shape index (κ3) is 3.32. The fourth-order valence-corrected chi connectivity index (χ4v) is 4.46. The van der Waals surface area contributed by atoms with Crippen molar-refractivity contribution >= 4 is 13.7 Å². The van der Waals surface area contributed by atoms with Gasteiger partial charge in [-0.15, -0.1) is 0 Å². The predicted molar refractivity (Wildman–Crippen MR) is 81.7 cm³/mol. The summed E-state index contributed by atoms with van der Waals surface area (Å²) in [5, 5.41) is 10.5. The minimum absolute atomic E-state index is 0.0110. The second-order valence-electron chi connectivity index (χ2n) is 6.21. The van der Waals surface area contributed by atoms with E-state index in [1.165, 1.54) is 17.2 Å². The van der Waals surface area contributed by atoms with E-state index in [2.05, 4.69) is 4.99 Å². The standard InChI is InChI=1S/C13H20F2N3O6P/c1-7(2)23-25(20)21-5-13(12(14)15)10(24-25)9(19)11(22-13)18-4-3-8(16)17-6-18/h3-4,7,9-12,19H,5-6H2,1-2H3,(H2,16,17)/t9-,10-,11-,13-,25?/m1/s1. The predicted octanol–water partition coefficient (Wildman–Crippen LogP) is 0.800. The smallest absolute Gasteiger partial charge is 0.386 e. The Labute approximate surface area is 143 Å². The molecule has 0 saturated carbocycles. The number of halogens is 2. The molecule has 0 aromatic carbocycles. The zero-order chi connectivity index (χ0) is 18.4. The monoisotopic (exact) mass is 383 g/mol. The van der Waals surface area contributed by atoms with E-state index in [-0.39, 0.29) is 12.5 Å². The zero-order valence-electron chi connectivity index (χ0n) is 13.6. The first kappa shape index (κ1) is 18.7. The molecule has 0 spiro atoms. The summed E-state index contributed by atoms with van der Waals surface area (Å²) in [5.74, 6) is 0.263. The molecule has 3 rings (SSSR count). The van der Waals surface area contributed by atoms with Gasteiger partial charge in [0.05, 0.1) is 12.7 Å². The summed E-state index contributed by atoms with van der Waals surface area (Å²) >= 11 is 0. The van der Waals surface area contributed by atoms with Crippen molar-refractivity contribution < 1.29 is 36.8 Å². The topological polar surface area (TPSA) is 116 Å². The van der Waals surface area contributed by atoms with Crippen LogP contribution in [-0.4, -0.2) is 65.7 Å². The normalized spacial score (nSPS) is 41.3. The maximum absolute atomic E-state index is 13.7. The number of aliphatic hydroxyl groups is 1. The molecule has 1 unspecified atom stereocenters. The van der Waals surface area contributed by atoms with E-state index in [9.17, 15) is 18.5 Å². The SMILES string of the molecule is CC(C)OP1(=O)OC[C@@]2(C(F)F)O[C@@H](N3C=CC(N)=NC3)[C@H](O)[C@H]2O1. The molecule has 3 aliphatic rings. The van der Waals surface area contributed by atoms with Crippen molar-refractivity contribution in [1.82, 2.24) is 4.90 Å². The molecule has 3 N–H and O–H groups in total. The number of nitrogens with zero attached hydrogens (tertiary/aromatic N) is 2. The quantitative estimate of drug-likeness (QED) is 0.685. The summed E-state index contributed by atoms with van der Waals surface area (Å²) < 4.78 is 60.6. The van der Waals surface area contributed by atoms with Crippen molar-refractivity contribution in [2.24, 2.45) is 10.7 Å². The van der Waals surface area contributed by atoms with E-state index in [1.807, 2.05) is 0 Å². The molecule has 3 heterocycles. The highest BCUT2D eigenvalue weighted by Gasteiger charge is 2.67. The minimum Gasteiger partial charge on any atom is -0.386 e. The summed E-state index contributed by atoms with van der Waals surface area (Å²) in [4.78, 5) is 5.34. The molecule has 0 aromatic heterocycles. The Morgan fingerprint density at radius 1 is 1.56 bits per heavy atom. The number of nitrogens with two attached hydrogens (primary N) is 1. The van der Waals surface area contributed by atoms with Gasteiger partial charge in [-0.25, -0.2) is 18.3 Å². The number of hydrogen-bond donors (Lipinski definition) is 2. The number of aliphatic hydroxyl groups excluding tert-OH is 1. The Balaban J connectivity index is 1.85. The maximum atomic E-state index is 13.7. The Kier molecular flexibility index (Phi) is 4.91. The molecule has 0 aliphatic carbocycles. The highest BCUT2D eigenvalue weighted by molar-refractivity contribution is 7.48. The van der Waals surface area contributed by atoms with E-state index in [4.69, 9.17) is 24.0 Å². The zero-order valence-corrected chi connectivity index (χ0v) is 14.5. The van der Waals surface area contributed by atoms with Crippen molar-refractivity contribution in [3.8, 4) is 0 Å². The van der Waals surface area contributed by atoms with Gasteiger partial charge in [-0.2, -0.15) is 0 Å². The first-order valence-corrected chi connectivity index (χ1v) is 9.12. The molecule has 0 bridgehead atoms.